The molecule has 0 bridgehead atoms. The van der Waals surface area contributed by atoms with Crippen molar-refractivity contribution in [2.75, 3.05) is 26.7 Å². The number of nitrogens with zero attached hydrogens (tertiary/aromatic N) is 2. The van der Waals surface area contributed by atoms with Crippen molar-refractivity contribution in [3.63, 3.8) is 0 Å². The van der Waals surface area contributed by atoms with Gasteiger partial charge in [0.15, 0.2) is 0 Å². The maximum Gasteiger partial charge on any atom is 0.320 e. The third-order valence-corrected chi connectivity index (χ3v) is 2.32. The molecule has 0 radical (unpaired) electrons. The summed E-state index contributed by atoms with van der Waals surface area (Å²) in [4.78, 5) is 25.6. The molecule has 0 heterocycles. The summed E-state index contributed by atoms with van der Waals surface area (Å²) in [5.41, 5.74) is 0. The lowest BCUT2D eigenvalue weighted by Crippen LogP contribution is -2.42. The van der Waals surface area contributed by atoms with Gasteiger partial charge < -0.3 is 14.9 Å². The Balaban J connectivity index is 4.14. The number of aliphatic carboxylic acids is 1. The van der Waals surface area contributed by atoms with Crippen LogP contribution in [0.4, 0.5) is 4.79 Å². The number of urea groups is 1. The van der Waals surface area contributed by atoms with Crippen LogP contribution in [-0.4, -0.2) is 53.6 Å². The highest BCUT2D eigenvalue weighted by atomic mass is 16.4. The molecule has 0 aromatic carbocycles. The molecule has 17 heavy (non-hydrogen) atoms. The zero-order valence-corrected chi connectivity index (χ0v) is 10.7. The normalized spacial score (nSPS) is 9.76. The van der Waals surface area contributed by atoms with Crippen LogP contribution in [0, 0.1) is 0 Å². The molecular formula is C12H22N2O3. The molecule has 5 heteroatoms. The molecular weight excluding hydrogens is 220 g/mol. The minimum absolute atomic E-state index is 0.0721. The van der Waals surface area contributed by atoms with Gasteiger partial charge in [-0.3, -0.25) is 4.79 Å². The molecule has 0 spiro atoms. The minimum atomic E-state index is -0.831. The molecule has 0 atom stereocenters. The topological polar surface area (TPSA) is 60.9 Å². The van der Waals surface area contributed by atoms with Crippen molar-refractivity contribution < 1.29 is 14.7 Å². The Morgan fingerprint density at radius 3 is 2.47 bits per heavy atom. The van der Waals surface area contributed by atoms with Gasteiger partial charge in [0.2, 0.25) is 0 Å². The Kier molecular flexibility index (Phi) is 7.84. The highest BCUT2D eigenvalue weighted by Gasteiger charge is 2.15. The van der Waals surface area contributed by atoms with Gasteiger partial charge in [-0.05, 0) is 12.8 Å². The van der Waals surface area contributed by atoms with Crippen LogP contribution in [0.1, 0.15) is 26.2 Å². The van der Waals surface area contributed by atoms with Crippen LogP contribution in [0.3, 0.4) is 0 Å². The summed E-state index contributed by atoms with van der Waals surface area (Å²) in [7, 11) is 1.69. The summed E-state index contributed by atoms with van der Waals surface area (Å²) >= 11 is 0. The van der Waals surface area contributed by atoms with Crippen LogP contribution in [-0.2, 0) is 4.79 Å². The molecule has 0 aromatic rings. The Morgan fingerprint density at radius 1 is 1.35 bits per heavy atom. The largest absolute Gasteiger partial charge is 0.481 e. The standard InChI is InChI=1S/C12H22N2O3/c1-4-8-14(9-5-2)12(17)13(3)10-6-7-11(15)16/h4H,1,5-10H2,2-3H3,(H,15,16). The van der Waals surface area contributed by atoms with Crippen LogP contribution >= 0.6 is 0 Å². The maximum atomic E-state index is 12.0. The Bertz CT molecular complexity index is 266. The Labute approximate surface area is 103 Å². The predicted octanol–water partition coefficient (Wildman–Crippen LogP) is 1.80. The molecule has 0 rings (SSSR count). The Morgan fingerprint density at radius 2 is 2.00 bits per heavy atom. The molecule has 98 valence electrons. The molecule has 0 unspecified atom stereocenters. The number of hydrogen-bond donors (Lipinski definition) is 1. The van der Waals surface area contributed by atoms with Crippen LogP contribution < -0.4 is 0 Å². The molecule has 0 aliphatic carbocycles. The van der Waals surface area contributed by atoms with Crippen LogP contribution in [0.2, 0.25) is 0 Å². The fourth-order valence-corrected chi connectivity index (χ4v) is 1.50. The number of rotatable bonds is 8. The number of carbonyl (C=O) groups excluding carboxylic acids is 1. The van der Waals surface area contributed by atoms with E-state index in [0.29, 0.717) is 26.1 Å². The van der Waals surface area contributed by atoms with Crippen molar-refractivity contribution in [1.29, 1.82) is 0 Å². The number of carboxylic acids is 1. The molecule has 5 nitrogen and oxygen atoms in total. The third-order valence-electron chi connectivity index (χ3n) is 2.32. The highest BCUT2D eigenvalue weighted by Crippen LogP contribution is 2.01. The van der Waals surface area contributed by atoms with Gasteiger partial charge in [-0.2, -0.15) is 0 Å². The first-order valence-corrected chi connectivity index (χ1v) is 5.85. The first kappa shape index (κ1) is 15.5. The van der Waals surface area contributed by atoms with E-state index in [-0.39, 0.29) is 12.5 Å². The summed E-state index contributed by atoms with van der Waals surface area (Å²) in [6.07, 6.45) is 3.15. The first-order valence-electron chi connectivity index (χ1n) is 5.85. The fourth-order valence-electron chi connectivity index (χ4n) is 1.50. The van der Waals surface area contributed by atoms with E-state index in [1.165, 1.54) is 0 Å². The monoisotopic (exact) mass is 242 g/mol. The van der Waals surface area contributed by atoms with Crippen LogP contribution in [0.15, 0.2) is 12.7 Å². The molecule has 0 aliphatic rings. The van der Waals surface area contributed by atoms with Gasteiger partial charge in [0.25, 0.3) is 0 Å². The zero-order chi connectivity index (χ0) is 13.3. The van der Waals surface area contributed by atoms with Crippen molar-refractivity contribution in [2.24, 2.45) is 0 Å². The van der Waals surface area contributed by atoms with E-state index in [4.69, 9.17) is 5.11 Å². The van der Waals surface area contributed by atoms with Gasteiger partial charge in [-0.25, -0.2) is 4.79 Å². The van der Waals surface area contributed by atoms with Gasteiger partial charge in [0.05, 0.1) is 0 Å². The molecule has 0 saturated heterocycles. The average Bonchev–Trinajstić information content (AvgIpc) is 2.27. The fraction of sp³-hybridized carbons (Fsp3) is 0.667. The molecule has 1 N–H and O–H groups in total. The molecule has 0 aliphatic heterocycles. The minimum Gasteiger partial charge on any atom is -0.481 e. The zero-order valence-electron chi connectivity index (χ0n) is 10.7. The van der Waals surface area contributed by atoms with Gasteiger partial charge >= 0.3 is 12.0 Å². The van der Waals surface area contributed by atoms with Gasteiger partial charge in [-0.15, -0.1) is 6.58 Å². The quantitative estimate of drug-likeness (QED) is 0.660. The lowest BCUT2D eigenvalue weighted by Gasteiger charge is -2.27. The Hall–Kier alpha value is -1.52. The van der Waals surface area contributed by atoms with Gasteiger partial charge in [0, 0.05) is 33.1 Å². The number of hydrogen-bond acceptors (Lipinski definition) is 2. The lowest BCUT2D eigenvalue weighted by molar-refractivity contribution is -0.137. The van der Waals surface area contributed by atoms with Crippen molar-refractivity contribution in [1.82, 2.24) is 9.80 Å². The predicted molar refractivity (Wildman–Crippen MR) is 67.0 cm³/mol. The highest BCUT2D eigenvalue weighted by molar-refractivity contribution is 5.74. The van der Waals surface area contributed by atoms with Crippen molar-refractivity contribution in [3.05, 3.63) is 12.7 Å². The van der Waals surface area contributed by atoms with Crippen LogP contribution in [0.25, 0.3) is 0 Å². The summed E-state index contributed by atoms with van der Waals surface area (Å²) < 4.78 is 0. The molecule has 0 saturated carbocycles. The summed E-state index contributed by atoms with van der Waals surface area (Å²) in [5, 5.41) is 8.52. The van der Waals surface area contributed by atoms with E-state index in [1.807, 2.05) is 6.92 Å². The first-order chi connectivity index (χ1) is 8.02. The second kappa shape index (κ2) is 8.61. The average molecular weight is 242 g/mol. The lowest BCUT2D eigenvalue weighted by atomic mass is 10.3. The van der Waals surface area contributed by atoms with E-state index in [0.717, 1.165) is 6.42 Å². The second-order valence-corrected chi connectivity index (χ2v) is 3.94. The van der Waals surface area contributed by atoms with E-state index in [9.17, 15) is 9.59 Å². The van der Waals surface area contributed by atoms with Gasteiger partial charge in [-0.1, -0.05) is 13.0 Å². The van der Waals surface area contributed by atoms with Crippen LogP contribution in [0.5, 0.6) is 0 Å². The third kappa shape index (κ3) is 6.60. The van der Waals surface area contributed by atoms with E-state index in [2.05, 4.69) is 6.58 Å². The molecule has 2 amide bonds. The number of carboxylic acid groups (broad SMARTS) is 1. The summed E-state index contributed by atoms with van der Waals surface area (Å²) in [5.74, 6) is -0.831. The second-order valence-electron chi connectivity index (χ2n) is 3.94. The van der Waals surface area contributed by atoms with E-state index in [1.54, 1.807) is 22.9 Å². The number of carbonyl (C=O) groups is 2. The molecule has 0 fully saturated rings. The number of amides is 2. The van der Waals surface area contributed by atoms with Gasteiger partial charge in [0.1, 0.15) is 0 Å². The summed E-state index contributed by atoms with van der Waals surface area (Å²) in [6.45, 7) is 7.30. The summed E-state index contributed by atoms with van der Waals surface area (Å²) in [6, 6.07) is -0.0721. The SMILES string of the molecule is C=CCN(CCC)C(=O)N(C)CCCC(=O)O. The van der Waals surface area contributed by atoms with Crippen molar-refractivity contribution in [2.45, 2.75) is 26.2 Å². The smallest absolute Gasteiger partial charge is 0.320 e. The van der Waals surface area contributed by atoms with Crippen molar-refractivity contribution in [3.8, 4) is 0 Å². The molecule has 0 aromatic heterocycles. The van der Waals surface area contributed by atoms with Crippen molar-refractivity contribution >= 4 is 12.0 Å². The maximum absolute atomic E-state index is 12.0. The van der Waals surface area contributed by atoms with E-state index < -0.39 is 5.97 Å². The van der Waals surface area contributed by atoms with E-state index >= 15 is 0 Å².